The molecule has 1 aliphatic heterocycles. The standard InChI is InChI=1S/C24H27N5O3S/c1-2-24(30)25-19-10-12-21(13-11-19)33(31,32)28-20-8-6-18(7-9-20)22-14-15-23(27-26-22)29-16-4-3-5-17-29/h6-15,28H,2-5,16-17H2,1H3,(H,25,30). The van der Waals surface area contributed by atoms with Gasteiger partial charge < -0.3 is 10.2 Å². The van der Waals surface area contributed by atoms with Crippen LogP contribution in [0.2, 0.25) is 0 Å². The number of anilines is 3. The molecule has 1 aromatic heterocycles. The fraction of sp³-hybridized carbons (Fsp3) is 0.292. The highest BCUT2D eigenvalue weighted by molar-refractivity contribution is 7.92. The van der Waals surface area contributed by atoms with Crippen LogP contribution in [0.4, 0.5) is 17.2 Å². The summed E-state index contributed by atoms with van der Waals surface area (Å²) in [4.78, 5) is 13.8. The van der Waals surface area contributed by atoms with Gasteiger partial charge in [0.1, 0.15) is 0 Å². The molecule has 8 nitrogen and oxygen atoms in total. The molecule has 0 spiro atoms. The van der Waals surface area contributed by atoms with E-state index in [0.717, 1.165) is 30.2 Å². The summed E-state index contributed by atoms with van der Waals surface area (Å²) in [5.74, 6) is 0.762. The van der Waals surface area contributed by atoms with Crippen molar-refractivity contribution >= 4 is 33.1 Å². The number of carbonyl (C=O) groups excluding carboxylic acids is 1. The van der Waals surface area contributed by atoms with Crippen molar-refractivity contribution in [2.45, 2.75) is 37.5 Å². The number of sulfonamides is 1. The fourth-order valence-corrected chi connectivity index (χ4v) is 4.72. The van der Waals surface area contributed by atoms with Crippen molar-refractivity contribution in [2.75, 3.05) is 28.0 Å². The Morgan fingerprint density at radius 3 is 2.15 bits per heavy atom. The molecule has 2 aromatic carbocycles. The van der Waals surface area contributed by atoms with Gasteiger partial charge in [-0.15, -0.1) is 10.2 Å². The van der Waals surface area contributed by atoms with Crippen LogP contribution in [0.5, 0.6) is 0 Å². The van der Waals surface area contributed by atoms with Crippen LogP contribution in [0, 0.1) is 0 Å². The molecule has 0 bridgehead atoms. The lowest BCUT2D eigenvalue weighted by molar-refractivity contribution is -0.115. The van der Waals surface area contributed by atoms with Crippen molar-refractivity contribution in [2.24, 2.45) is 0 Å². The average molecular weight is 466 g/mol. The summed E-state index contributed by atoms with van der Waals surface area (Å²) in [5, 5.41) is 11.4. The van der Waals surface area contributed by atoms with E-state index in [2.05, 4.69) is 25.1 Å². The quantitative estimate of drug-likeness (QED) is 0.540. The molecule has 3 aromatic rings. The second-order valence-corrected chi connectivity index (χ2v) is 9.62. The third-order valence-electron chi connectivity index (χ3n) is 5.53. The second-order valence-electron chi connectivity index (χ2n) is 7.93. The van der Waals surface area contributed by atoms with Crippen LogP contribution in [0.1, 0.15) is 32.6 Å². The maximum Gasteiger partial charge on any atom is 0.261 e. The van der Waals surface area contributed by atoms with Crippen LogP contribution in [-0.2, 0) is 14.8 Å². The largest absolute Gasteiger partial charge is 0.355 e. The Morgan fingerprint density at radius 2 is 1.55 bits per heavy atom. The Kier molecular flexibility index (Phi) is 6.88. The molecule has 1 saturated heterocycles. The molecule has 33 heavy (non-hydrogen) atoms. The van der Waals surface area contributed by atoms with E-state index in [1.165, 1.54) is 31.4 Å². The Morgan fingerprint density at radius 1 is 0.879 bits per heavy atom. The van der Waals surface area contributed by atoms with Gasteiger partial charge in [0.15, 0.2) is 5.82 Å². The number of carbonyl (C=O) groups is 1. The zero-order valence-electron chi connectivity index (χ0n) is 18.5. The zero-order valence-corrected chi connectivity index (χ0v) is 19.3. The molecule has 0 radical (unpaired) electrons. The third-order valence-corrected chi connectivity index (χ3v) is 6.93. The molecule has 0 atom stereocenters. The molecule has 0 saturated carbocycles. The van der Waals surface area contributed by atoms with E-state index in [9.17, 15) is 13.2 Å². The summed E-state index contributed by atoms with van der Waals surface area (Å²) in [6.07, 6.45) is 3.98. The van der Waals surface area contributed by atoms with Gasteiger partial charge in [0.25, 0.3) is 10.0 Å². The average Bonchev–Trinajstić information content (AvgIpc) is 2.85. The van der Waals surface area contributed by atoms with Gasteiger partial charge in [-0.1, -0.05) is 19.1 Å². The molecule has 0 unspecified atom stereocenters. The highest BCUT2D eigenvalue weighted by Crippen LogP contribution is 2.24. The van der Waals surface area contributed by atoms with Crippen LogP contribution >= 0.6 is 0 Å². The van der Waals surface area contributed by atoms with Crippen molar-refractivity contribution < 1.29 is 13.2 Å². The Hall–Kier alpha value is -3.46. The fourth-order valence-electron chi connectivity index (χ4n) is 3.66. The summed E-state index contributed by atoms with van der Waals surface area (Å²) in [5.41, 5.74) is 2.58. The van der Waals surface area contributed by atoms with Gasteiger partial charge in [0.05, 0.1) is 10.6 Å². The van der Waals surface area contributed by atoms with E-state index in [0.29, 0.717) is 17.8 Å². The Balaban J connectivity index is 1.42. The number of rotatable bonds is 7. The Bertz CT molecular complexity index is 1190. The molecule has 1 fully saturated rings. The van der Waals surface area contributed by atoms with E-state index in [1.807, 2.05) is 24.3 Å². The molecular formula is C24H27N5O3S. The first-order valence-electron chi connectivity index (χ1n) is 11.1. The number of nitrogens with one attached hydrogen (secondary N) is 2. The summed E-state index contributed by atoms with van der Waals surface area (Å²) >= 11 is 0. The van der Waals surface area contributed by atoms with Gasteiger partial charge in [-0.05, 0) is 67.8 Å². The maximum absolute atomic E-state index is 12.7. The Labute approximate surface area is 194 Å². The topological polar surface area (TPSA) is 104 Å². The summed E-state index contributed by atoms with van der Waals surface area (Å²) in [6, 6.07) is 17.0. The van der Waals surface area contributed by atoms with Gasteiger partial charge in [0, 0.05) is 36.4 Å². The summed E-state index contributed by atoms with van der Waals surface area (Å²) in [6.45, 7) is 3.78. The zero-order chi connectivity index (χ0) is 23.3. The molecule has 172 valence electrons. The van der Waals surface area contributed by atoms with Gasteiger partial charge >= 0.3 is 0 Å². The number of piperidine rings is 1. The van der Waals surface area contributed by atoms with Gasteiger partial charge in [-0.3, -0.25) is 9.52 Å². The number of amides is 1. The molecule has 4 rings (SSSR count). The van der Waals surface area contributed by atoms with Crippen molar-refractivity contribution in [3.8, 4) is 11.3 Å². The maximum atomic E-state index is 12.7. The van der Waals surface area contributed by atoms with E-state index in [1.54, 1.807) is 31.2 Å². The molecule has 0 aliphatic carbocycles. The van der Waals surface area contributed by atoms with E-state index in [-0.39, 0.29) is 10.8 Å². The normalized spacial score (nSPS) is 14.0. The van der Waals surface area contributed by atoms with Crippen molar-refractivity contribution in [1.82, 2.24) is 10.2 Å². The highest BCUT2D eigenvalue weighted by Gasteiger charge is 2.15. The predicted molar refractivity (Wildman–Crippen MR) is 130 cm³/mol. The summed E-state index contributed by atoms with van der Waals surface area (Å²) in [7, 11) is -3.76. The summed E-state index contributed by atoms with van der Waals surface area (Å²) < 4.78 is 28.0. The number of nitrogens with zero attached hydrogens (tertiary/aromatic N) is 3. The monoisotopic (exact) mass is 465 g/mol. The lowest BCUT2D eigenvalue weighted by atomic mass is 10.1. The van der Waals surface area contributed by atoms with Crippen LogP contribution < -0.4 is 14.9 Å². The second kappa shape index (κ2) is 9.99. The lowest BCUT2D eigenvalue weighted by Gasteiger charge is -2.27. The van der Waals surface area contributed by atoms with Crippen molar-refractivity contribution in [1.29, 1.82) is 0 Å². The molecule has 1 amide bonds. The van der Waals surface area contributed by atoms with Crippen LogP contribution in [0.25, 0.3) is 11.3 Å². The molecular weight excluding hydrogens is 438 g/mol. The highest BCUT2D eigenvalue weighted by atomic mass is 32.2. The van der Waals surface area contributed by atoms with Crippen LogP contribution in [-0.4, -0.2) is 37.6 Å². The number of benzene rings is 2. The SMILES string of the molecule is CCC(=O)Nc1ccc(S(=O)(=O)Nc2ccc(-c3ccc(N4CCCCC4)nn3)cc2)cc1. The van der Waals surface area contributed by atoms with E-state index < -0.39 is 10.0 Å². The lowest BCUT2D eigenvalue weighted by Crippen LogP contribution is -2.30. The minimum absolute atomic E-state index is 0.111. The van der Waals surface area contributed by atoms with E-state index in [4.69, 9.17) is 0 Å². The smallest absolute Gasteiger partial charge is 0.261 e. The van der Waals surface area contributed by atoms with Crippen molar-refractivity contribution in [3.63, 3.8) is 0 Å². The van der Waals surface area contributed by atoms with Gasteiger partial charge in [0.2, 0.25) is 5.91 Å². The van der Waals surface area contributed by atoms with Crippen molar-refractivity contribution in [3.05, 3.63) is 60.7 Å². The van der Waals surface area contributed by atoms with Gasteiger partial charge in [-0.2, -0.15) is 0 Å². The number of hydrogen-bond donors (Lipinski definition) is 2. The first kappa shape index (κ1) is 22.7. The first-order valence-corrected chi connectivity index (χ1v) is 12.5. The number of hydrogen-bond acceptors (Lipinski definition) is 6. The van der Waals surface area contributed by atoms with Crippen LogP contribution in [0.15, 0.2) is 65.6 Å². The van der Waals surface area contributed by atoms with Crippen LogP contribution in [0.3, 0.4) is 0 Å². The van der Waals surface area contributed by atoms with E-state index >= 15 is 0 Å². The predicted octanol–water partition coefficient (Wildman–Crippen LogP) is 4.28. The number of aromatic nitrogens is 2. The molecule has 2 heterocycles. The molecule has 9 heteroatoms. The molecule has 2 N–H and O–H groups in total. The minimum atomic E-state index is -3.76. The third kappa shape index (κ3) is 5.67. The first-order chi connectivity index (χ1) is 15.9. The van der Waals surface area contributed by atoms with Gasteiger partial charge in [-0.25, -0.2) is 8.42 Å². The molecule has 1 aliphatic rings. The minimum Gasteiger partial charge on any atom is -0.355 e.